The van der Waals surface area contributed by atoms with E-state index in [1.807, 2.05) is 9.80 Å². The van der Waals surface area contributed by atoms with Crippen LogP contribution in [0.1, 0.15) is 328 Å². The summed E-state index contributed by atoms with van der Waals surface area (Å²) in [4.78, 5) is 3.86. The molecule has 102 heavy (non-hydrogen) atoms. The Hall–Kier alpha value is -6.21. The third-order valence-electron chi connectivity index (χ3n) is 28.2. The van der Waals surface area contributed by atoms with Crippen LogP contribution in [-0.2, 0) is 65.0 Å². The van der Waals surface area contributed by atoms with Crippen LogP contribution in [0.5, 0.6) is 23.0 Å². The Balaban J connectivity index is 1.11. The predicted molar refractivity (Wildman–Crippen MR) is 441 cm³/mol. The molecule has 7 aromatic carbocycles. The van der Waals surface area contributed by atoms with Crippen LogP contribution in [0.4, 0.5) is 34.1 Å². The number of hydrogen-bond donors (Lipinski definition) is 0. The standard InChI is InChI=1S/C94H110B2N2O2S2/c1-83(2)29-31-85(5,6)57-41-51(25-27-55(57)83)97-69-47-63-61(89(13,14)35-37-91(63,17)18)45-67(69)95-73-75(97)79-74-76(80(73)100-78-54-44-60-66(50-72(54)101-81(78)95)94(23,24)40-34-88(60,11)12)98(52-26-28-56-58(42-52)86(7,8)32-30-84(56,3)4)70-48-64-62(90(15,16)36-38-92(64,19)20)46-68(70)96(74)82-77(99-79)53-43-59-65(49-71(53)102-82)93(21,22)39-33-87(59,9)10/h25-28,41-50H,29-40H2,1-24H3/i25D,27D,28D,41D,42D,43D,44D,45D,46D,47D,48D,49D,50D. The van der Waals surface area contributed by atoms with Gasteiger partial charge in [0.25, 0.3) is 13.4 Å². The van der Waals surface area contributed by atoms with Crippen LogP contribution in [-0.4, -0.2) is 13.4 Å². The molecule has 0 fully saturated rings. The molecule has 0 N–H and O–H groups in total. The monoisotopic (exact) mass is 1400 g/mol. The summed E-state index contributed by atoms with van der Waals surface area (Å²) >= 11 is 2.77. The Labute approximate surface area is 638 Å². The Morgan fingerprint density at radius 1 is 0.304 bits per heavy atom. The van der Waals surface area contributed by atoms with Crippen LogP contribution >= 0.6 is 22.7 Å². The van der Waals surface area contributed by atoms with E-state index in [0.717, 1.165) is 65.5 Å². The van der Waals surface area contributed by atoms with Gasteiger partial charge in [-0.25, -0.2) is 0 Å². The highest BCUT2D eigenvalue weighted by Crippen LogP contribution is 2.62. The van der Waals surface area contributed by atoms with E-state index in [1.165, 1.54) is 22.7 Å². The third kappa shape index (κ3) is 8.87. The van der Waals surface area contributed by atoms with Crippen molar-refractivity contribution in [1.29, 1.82) is 0 Å². The molecule has 10 aliphatic rings. The SMILES string of the molecule is [2H]c1cc(N2c3c([2H])c4c(c([2H])c3B3c5sc6c([2H])c7c(c([2H])c6c5Oc5c3c2c2c3c5N(c5c([2H])c([2H])c6c(c5[2H])C(C)(C)CCC6(C)C)c5c([2H])c6c(c([2H])c5B3c3sc5c([2H])c8c(c([2H])c5c3O2)C(C)(C)CCC8(C)C)C(C)(C)CCC6(C)C)C(C)(C)CCC7(C)C)C(C)(C)CCC4(C)C)c([2H])c2c1C(C)(C)CCC2(C)C. The van der Waals surface area contributed by atoms with E-state index in [2.05, 4.69) is 166 Å². The molecule has 526 valence electrons. The number of fused-ring (bicyclic) bond motifs is 20. The summed E-state index contributed by atoms with van der Waals surface area (Å²) in [6, 6.07) is 3.59. The molecule has 4 nitrogen and oxygen atoms in total. The van der Waals surface area contributed by atoms with Gasteiger partial charge in [-0.3, -0.25) is 0 Å². The second-order valence-electron chi connectivity index (χ2n) is 41.1. The summed E-state index contributed by atoms with van der Waals surface area (Å²) in [5, 5.41) is 0.875. The molecule has 0 saturated heterocycles. The molecule has 19 rings (SSSR count). The molecule has 0 radical (unpaired) electrons. The van der Waals surface area contributed by atoms with Crippen molar-refractivity contribution in [3.63, 3.8) is 0 Å². The predicted octanol–water partition coefficient (Wildman–Crippen LogP) is 23.0. The minimum atomic E-state index is -1.12. The zero-order chi connectivity index (χ0) is 83.3. The highest BCUT2D eigenvalue weighted by atomic mass is 32.1. The lowest BCUT2D eigenvalue weighted by Gasteiger charge is -2.49. The van der Waals surface area contributed by atoms with Crippen molar-refractivity contribution in [2.45, 2.75) is 308 Å². The van der Waals surface area contributed by atoms with Gasteiger partial charge in [-0.15, -0.1) is 22.7 Å². The number of benzene rings is 7. The van der Waals surface area contributed by atoms with Gasteiger partial charge in [-0.05, 0) is 280 Å². The number of anilines is 6. The summed E-state index contributed by atoms with van der Waals surface area (Å²) in [6.07, 6.45) is 8.72. The summed E-state index contributed by atoms with van der Waals surface area (Å²) in [7, 11) is 0. The van der Waals surface area contributed by atoms with Crippen molar-refractivity contribution in [1.82, 2.24) is 0 Å². The first kappa shape index (κ1) is 53.5. The molecule has 6 heterocycles. The molecule has 0 bridgehead atoms. The molecule has 0 saturated carbocycles. The third-order valence-corrected chi connectivity index (χ3v) is 30.5. The minimum absolute atomic E-state index is 0.00262. The lowest BCUT2D eigenvalue weighted by Crippen LogP contribution is -2.63. The zero-order valence-electron chi connectivity index (χ0n) is 78.2. The van der Waals surface area contributed by atoms with Crippen LogP contribution in [0.25, 0.3) is 20.2 Å². The Kier molecular flexibility index (Phi) is 10.5. The van der Waals surface area contributed by atoms with E-state index in [1.54, 1.807) is 6.07 Å². The first-order chi connectivity index (χ1) is 53.0. The number of hydrogen-bond acceptors (Lipinski definition) is 6. The minimum Gasteiger partial charge on any atom is -0.455 e. The van der Waals surface area contributed by atoms with Crippen LogP contribution in [0.3, 0.4) is 0 Å². The quantitative estimate of drug-likeness (QED) is 0.161. The van der Waals surface area contributed by atoms with Gasteiger partial charge in [0.2, 0.25) is 0 Å². The number of rotatable bonds is 2. The first-order valence-corrected chi connectivity index (χ1v) is 40.2. The van der Waals surface area contributed by atoms with Gasteiger partial charge in [-0.1, -0.05) is 190 Å². The maximum atomic E-state index is 11.7. The maximum absolute atomic E-state index is 11.7. The summed E-state index contributed by atoms with van der Waals surface area (Å²) in [5.41, 5.74) is 4.55. The van der Waals surface area contributed by atoms with E-state index < -0.39 is 78.4 Å². The van der Waals surface area contributed by atoms with Gasteiger partial charge in [0.15, 0.2) is 0 Å². The van der Waals surface area contributed by atoms with Crippen LogP contribution in [0, 0.1) is 0 Å². The van der Waals surface area contributed by atoms with Crippen molar-refractivity contribution >= 4 is 122 Å². The van der Waals surface area contributed by atoms with Crippen LogP contribution in [0.2, 0.25) is 0 Å². The van der Waals surface area contributed by atoms with E-state index in [9.17, 15) is 17.8 Å². The van der Waals surface area contributed by atoms with Gasteiger partial charge in [0, 0.05) is 63.4 Å². The molecule has 0 unspecified atom stereocenters. The smallest absolute Gasteiger partial charge is 0.269 e. The van der Waals surface area contributed by atoms with Gasteiger partial charge >= 0.3 is 0 Å². The second-order valence-corrected chi connectivity index (χ2v) is 43.2. The zero-order valence-corrected chi connectivity index (χ0v) is 66.9. The molecular formula is C94H110B2N2O2S2. The first-order valence-electron chi connectivity index (χ1n) is 45.0. The van der Waals surface area contributed by atoms with Crippen LogP contribution in [0.15, 0.2) is 84.6 Å². The van der Waals surface area contributed by atoms with E-state index in [4.69, 9.17) is 9.47 Å². The van der Waals surface area contributed by atoms with Crippen molar-refractivity contribution in [3.8, 4) is 23.0 Å². The molecule has 6 aliphatic carbocycles. The number of ether oxygens (including phenoxy) is 2. The Morgan fingerprint density at radius 2 is 0.578 bits per heavy atom. The van der Waals surface area contributed by atoms with Crippen LogP contribution < -0.4 is 50.7 Å². The van der Waals surface area contributed by atoms with E-state index in [-0.39, 0.29) is 101 Å². The van der Waals surface area contributed by atoms with Crippen molar-refractivity contribution in [2.24, 2.45) is 0 Å². The van der Waals surface area contributed by atoms with Crippen molar-refractivity contribution in [2.75, 3.05) is 9.80 Å². The largest absolute Gasteiger partial charge is 0.455 e. The molecule has 9 aromatic rings. The number of nitrogens with zero attached hydrogens (tertiary/aromatic N) is 2. The van der Waals surface area contributed by atoms with Gasteiger partial charge in [-0.2, -0.15) is 0 Å². The molecule has 4 aliphatic heterocycles. The van der Waals surface area contributed by atoms with Gasteiger partial charge < -0.3 is 19.3 Å². The average molecular weight is 1400 g/mol. The molecule has 2 aromatic heterocycles. The summed E-state index contributed by atoms with van der Waals surface area (Å²) < 4.78 is 165. The van der Waals surface area contributed by atoms with Crippen molar-refractivity contribution < 1.29 is 27.3 Å². The highest BCUT2D eigenvalue weighted by molar-refractivity contribution is 7.34. The topological polar surface area (TPSA) is 24.9 Å². The maximum Gasteiger partial charge on any atom is 0.269 e. The average Bonchev–Trinajstić information content (AvgIpc) is 1.65. The van der Waals surface area contributed by atoms with Gasteiger partial charge in [0.1, 0.15) is 23.0 Å². The fraction of sp³-hybridized carbons (Fsp3) is 0.511. The van der Waals surface area contributed by atoms with Gasteiger partial charge in [0.05, 0.1) is 29.2 Å². The molecule has 8 heteroatoms. The highest BCUT2D eigenvalue weighted by Gasteiger charge is 2.57. The second kappa shape index (κ2) is 20.1. The number of thiophene rings is 2. The lowest BCUT2D eigenvalue weighted by atomic mass is 9.33. The molecule has 0 atom stereocenters. The molecule has 0 spiro atoms. The normalized spacial score (nSPS) is 25.2. The lowest BCUT2D eigenvalue weighted by molar-refractivity contribution is 0.332. The fourth-order valence-corrected chi connectivity index (χ4v) is 22.8. The van der Waals surface area contributed by atoms with E-state index >= 15 is 0 Å². The van der Waals surface area contributed by atoms with E-state index in [0.29, 0.717) is 165 Å². The Morgan fingerprint density at radius 3 is 0.931 bits per heavy atom. The molecule has 0 amide bonds. The summed E-state index contributed by atoms with van der Waals surface area (Å²) in [5.74, 6) is 1.000. The fourth-order valence-electron chi connectivity index (χ4n) is 20.4. The summed E-state index contributed by atoms with van der Waals surface area (Å²) in [6.45, 7) is 49.7. The molecular weight excluding hydrogens is 1270 g/mol. The Bertz CT molecular complexity index is 6080. The van der Waals surface area contributed by atoms with Crippen molar-refractivity contribution in [3.05, 3.63) is 151 Å².